The summed E-state index contributed by atoms with van der Waals surface area (Å²) in [7, 11) is 0. The molecule has 0 aromatic carbocycles. The fourth-order valence-corrected chi connectivity index (χ4v) is 2.61. The van der Waals surface area contributed by atoms with Gasteiger partial charge in [-0.05, 0) is 25.5 Å². The molecule has 1 aliphatic heterocycles. The Hall–Kier alpha value is -0.480. The van der Waals surface area contributed by atoms with Gasteiger partial charge in [-0.3, -0.25) is 0 Å². The molecule has 0 amide bonds. The first kappa shape index (κ1) is 9.09. The lowest BCUT2D eigenvalue weighted by Gasteiger charge is -2.00. The fourth-order valence-electron chi connectivity index (χ4n) is 1.41. The zero-order valence-corrected chi connectivity index (χ0v) is 8.38. The Morgan fingerprint density at radius 3 is 3.15 bits per heavy atom. The number of thioether (sulfide) groups is 1. The fraction of sp³-hybridized carbons (Fsp3) is 0.667. The van der Waals surface area contributed by atoms with Crippen molar-refractivity contribution in [3.05, 3.63) is 17.8 Å². The summed E-state index contributed by atoms with van der Waals surface area (Å²) in [5, 5.41) is 9.66. The molecule has 13 heavy (non-hydrogen) atoms. The maximum Gasteiger partial charge on any atom is 0.207 e. The third kappa shape index (κ3) is 1.89. The molecular weight excluding hydrogens is 186 g/mol. The van der Waals surface area contributed by atoms with Crippen LogP contribution in [0, 0.1) is 0 Å². The van der Waals surface area contributed by atoms with Crippen molar-refractivity contribution in [3.8, 4) is 0 Å². The standard InChI is InChI=1S/C9H13NO2S/c1-6(11)7-5-12-9(10-7)8-3-2-4-13-8/h5-6,8,11H,2-4H2,1H3. The van der Waals surface area contributed by atoms with E-state index in [1.165, 1.54) is 12.2 Å². The smallest absolute Gasteiger partial charge is 0.207 e. The average molecular weight is 199 g/mol. The second kappa shape index (κ2) is 3.72. The monoisotopic (exact) mass is 199 g/mol. The van der Waals surface area contributed by atoms with Gasteiger partial charge >= 0.3 is 0 Å². The summed E-state index contributed by atoms with van der Waals surface area (Å²) in [5.41, 5.74) is 0.641. The summed E-state index contributed by atoms with van der Waals surface area (Å²) in [6, 6.07) is 0. The maximum absolute atomic E-state index is 9.25. The molecule has 1 aromatic heterocycles. The minimum Gasteiger partial charge on any atom is -0.447 e. The number of rotatable bonds is 2. The van der Waals surface area contributed by atoms with Gasteiger partial charge in [0.25, 0.3) is 0 Å². The van der Waals surface area contributed by atoms with Crippen LogP contribution in [0.5, 0.6) is 0 Å². The lowest BCUT2D eigenvalue weighted by molar-refractivity contribution is 0.194. The van der Waals surface area contributed by atoms with Crippen molar-refractivity contribution in [3.63, 3.8) is 0 Å². The maximum atomic E-state index is 9.25. The summed E-state index contributed by atoms with van der Waals surface area (Å²) in [5.74, 6) is 1.97. The molecule has 1 saturated heterocycles. The van der Waals surface area contributed by atoms with Crippen molar-refractivity contribution < 1.29 is 9.52 Å². The van der Waals surface area contributed by atoms with Crippen LogP contribution in [0.2, 0.25) is 0 Å². The Kier molecular flexibility index (Phi) is 2.60. The van der Waals surface area contributed by atoms with Crippen LogP contribution in [0.4, 0.5) is 0 Å². The summed E-state index contributed by atoms with van der Waals surface area (Å²) in [6.45, 7) is 1.70. The number of aliphatic hydroxyl groups excluding tert-OH is 1. The molecule has 0 bridgehead atoms. The molecular formula is C9H13NO2S. The SMILES string of the molecule is CC(O)c1coc(C2CCCS2)n1. The Balaban J connectivity index is 2.12. The van der Waals surface area contributed by atoms with Gasteiger partial charge in [0.05, 0.1) is 11.4 Å². The Morgan fingerprint density at radius 1 is 1.77 bits per heavy atom. The van der Waals surface area contributed by atoms with E-state index in [9.17, 15) is 5.11 Å². The van der Waals surface area contributed by atoms with Gasteiger partial charge in [-0.25, -0.2) is 4.98 Å². The van der Waals surface area contributed by atoms with Gasteiger partial charge in [0.2, 0.25) is 5.89 Å². The normalized spacial score (nSPS) is 24.9. The highest BCUT2D eigenvalue weighted by molar-refractivity contribution is 7.99. The third-order valence-electron chi connectivity index (χ3n) is 2.17. The topological polar surface area (TPSA) is 46.3 Å². The van der Waals surface area contributed by atoms with Crippen LogP contribution in [0.15, 0.2) is 10.7 Å². The minimum absolute atomic E-state index is 0.410. The van der Waals surface area contributed by atoms with Gasteiger partial charge in [-0.15, -0.1) is 11.8 Å². The lowest BCUT2D eigenvalue weighted by Crippen LogP contribution is -1.93. The average Bonchev–Trinajstić information content (AvgIpc) is 2.75. The second-order valence-corrected chi connectivity index (χ2v) is 4.60. The van der Waals surface area contributed by atoms with E-state index < -0.39 is 6.10 Å². The van der Waals surface area contributed by atoms with E-state index >= 15 is 0 Å². The molecule has 2 rings (SSSR count). The molecule has 1 aromatic rings. The van der Waals surface area contributed by atoms with E-state index in [-0.39, 0.29) is 0 Å². The molecule has 1 aliphatic rings. The number of hydrogen-bond acceptors (Lipinski definition) is 4. The zero-order valence-electron chi connectivity index (χ0n) is 7.56. The number of hydrogen-bond donors (Lipinski definition) is 1. The third-order valence-corrected chi connectivity index (χ3v) is 3.54. The molecule has 72 valence electrons. The van der Waals surface area contributed by atoms with Crippen molar-refractivity contribution in [1.29, 1.82) is 0 Å². The Bertz CT molecular complexity index is 279. The minimum atomic E-state index is -0.524. The number of nitrogens with zero attached hydrogens (tertiary/aromatic N) is 1. The summed E-state index contributed by atoms with van der Waals surface area (Å²) in [4.78, 5) is 4.25. The van der Waals surface area contributed by atoms with Crippen LogP contribution in [-0.2, 0) is 0 Å². The highest BCUT2D eigenvalue weighted by Gasteiger charge is 2.23. The first-order valence-electron chi connectivity index (χ1n) is 4.52. The van der Waals surface area contributed by atoms with Crippen LogP contribution in [0.25, 0.3) is 0 Å². The quantitative estimate of drug-likeness (QED) is 0.793. The second-order valence-electron chi connectivity index (χ2n) is 3.29. The van der Waals surface area contributed by atoms with Gasteiger partial charge in [-0.1, -0.05) is 0 Å². The van der Waals surface area contributed by atoms with E-state index in [0.717, 1.165) is 12.3 Å². The molecule has 1 N–H and O–H groups in total. The lowest BCUT2D eigenvalue weighted by atomic mass is 10.2. The van der Waals surface area contributed by atoms with Crippen LogP contribution < -0.4 is 0 Å². The molecule has 0 spiro atoms. The number of oxazole rings is 1. The Morgan fingerprint density at radius 2 is 2.62 bits per heavy atom. The van der Waals surface area contributed by atoms with Crippen molar-refractivity contribution in [2.24, 2.45) is 0 Å². The first-order valence-corrected chi connectivity index (χ1v) is 5.57. The Labute approximate surface area is 81.5 Å². The van der Waals surface area contributed by atoms with E-state index in [2.05, 4.69) is 4.98 Å². The van der Waals surface area contributed by atoms with E-state index in [0.29, 0.717) is 10.9 Å². The van der Waals surface area contributed by atoms with Gasteiger partial charge < -0.3 is 9.52 Å². The largest absolute Gasteiger partial charge is 0.447 e. The summed E-state index contributed by atoms with van der Waals surface area (Å²) < 4.78 is 5.32. The van der Waals surface area contributed by atoms with Crippen molar-refractivity contribution >= 4 is 11.8 Å². The molecule has 2 heterocycles. The molecule has 3 nitrogen and oxygen atoms in total. The van der Waals surface area contributed by atoms with Crippen LogP contribution in [0.1, 0.15) is 42.7 Å². The number of aromatic nitrogens is 1. The van der Waals surface area contributed by atoms with Crippen LogP contribution in [-0.4, -0.2) is 15.8 Å². The van der Waals surface area contributed by atoms with Crippen LogP contribution >= 0.6 is 11.8 Å². The zero-order chi connectivity index (χ0) is 9.26. The molecule has 2 unspecified atom stereocenters. The number of aliphatic hydroxyl groups is 1. The predicted octanol–water partition coefficient (Wildman–Crippen LogP) is 2.30. The molecule has 0 radical (unpaired) electrons. The van der Waals surface area contributed by atoms with E-state index in [1.807, 2.05) is 11.8 Å². The molecule has 2 atom stereocenters. The van der Waals surface area contributed by atoms with Crippen molar-refractivity contribution in [1.82, 2.24) is 4.98 Å². The highest BCUT2D eigenvalue weighted by atomic mass is 32.2. The van der Waals surface area contributed by atoms with Gasteiger partial charge in [0, 0.05) is 0 Å². The molecule has 0 aliphatic carbocycles. The predicted molar refractivity (Wildman–Crippen MR) is 51.6 cm³/mol. The van der Waals surface area contributed by atoms with E-state index in [4.69, 9.17) is 4.42 Å². The van der Waals surface area contributed by atoms with E-state index in [1.54, 1.807) is 13.2 Å². The summed E-state index contributed by atoms with van der Waals surface area (Å²) >= 11 is 1.88. The summed E-state index contributed by atoms with van der Waals surface area (Å²) in [6.07, 6.45) is 3.41. The highest BCUT2D eigenvalue weighted by Crippen LogP contribution is 2.39. The molecule has 1 fully saturated rings. The first-order chi connectivity index (χ1) is 6.27. The molecule has 0 saturated carbocycles. The van der Waals surface area contributed by atoms with Gasteiger partial charge in [0.1, 0.15) is 12.0 Å². The van der Waals surface area contributed by atoms with Crippen molar-refractivity contribution in [2.45, 2.75) is 31.1 Å². The van der Waals surface area contributed by atoms with Gasteiger partial charge in [-0.2, -0.15) is 0 Å². The van der Waals surface area contributed by atoms with Gasteiger partial charge in [0.15, 0.2) is 0 Å². The van der Waals surface area contributed by atoms with Crippen LogP contribution in [0.3, 0.4) is 0 Å². The van der Waals surface area contributed by atoms with Crippen molar-refractivity contribution in [2.75, 3.05) is 5.75 Å². The molecule has 4 heteroatoms.